The van der Waals surface area contributed by atoms with Gasteiger partial charge in [-0.2, -0.15) is 0 Å². The van der Waals surface area contributed by atoms with E-state index < -0.39 is 12.0 Å². The summed E-state index contributed by atoms with van der Waals surface area (Å²) in [5.41, 5.74) is 1.99. The standard InChI is InChI=1S/C24H28N2O4/c1-18(20-13-7-4-8-14-20)25-22(27)16-17-23(28)26-21(24(29)30-2)15-9-12-19-10-5-3-6-11-19/h3-14,18,21H,15-17H2,1-2H3,(H,25,27)(H,26,28)/b12-9+/t18-,21+/m1/s1. The molecule has 0 aliphatic heterocycles. The Bertz CT molecular complexity index is 850. The van der Waals surface area contributed by atoms with Crippen LogP contribution in [-0.2, 0) is 19.1 Å². The number of rotatable bonds is 10. The molecule has 6 heteroatoms. The third-order valence-electron chi connectivity index (χ3n) is 4.56. The average Bonchev–Trinajstić information content (AvgIpc) is 2.77. The van der Waals surface area contributed by atoms with Gasteiger partial charge in [0, 0.05) is 12.8 Å². The minimum atomic E-state index is -0.797. The van der Waals surface area contributed by atoms with Crippen LogP contribution in [0.4, 0.5) is 0 Å². The van der Waals surface area contributed by atoms with E-state index in [-0.39, 0.29) is 30.7 Å². The number of methoxy groups -OCH3 is 1. The number of ether oxygens (including phenoxy) is 1. The van der Waals surface area contributed by atoms with Crippen molar-refractivity contribution in [1.82, 2.24) is 10.6 Å². The highest BCUT2D eigenvalue weighted by atomic mass is 16.5. The Morgan fingerprint density at radius 3 is 2.07 bits per heavy atom. The van der Waals surface area contributed by atoms with Gasteiger partial charge in [-0.3, -0.25) is 9.59 Å². The summed E-state index contributed by atoms with van der Waals surface area (Å²) in [6, 6.07) is 18.3. The number of nitrogens with one attached hydrogen (secondary N) is 2. The van der Waals surface area contributed by atoms with Crippen molar-refractivity contribution in [3.8, 4) is 0 Å². The van der Waals surface area contributed by atoms with E-state index in [1.54, 1.807) is 0 Å². The fraction of sp³-hybridized carbons (Fsp3) is 0.292. The summed E-state index contributed by atoms with van der Waals surface area (Å²) in [5, 5.41) is 5.52. The molecule has 2 atom stereocenters. The highest BCUT2D eigenvalue weighted by Crippen LogP contribution is 2.11. The maximum atomic E-state index is 12.2. The molecule has 0 radical (unpaired) electrons. The van der Waals surface area contributed by atoms with E-state index in [4.69, 9.17) is 4.74 Å². The summed E-state index contributed by atoms with van der Waals surface area (Å²) in [6.45, 7) is 1.89. The zero-order valence-electron chi connectivity index (χ0n) is 17.3. The molecule has 6 nitrogen and oxygen atoms in total. The molecule has 0 aromatic heterocycles. The minimum Gasteiger partial charge on any atom is -0.467 e. The van der Waals surface area contributed by atoms with Crippen molar-refractivity contribution in [1.29, 1.82) is 0 Å². The van der Waals surface area contributed by atoms with E-state index in [1.807, 2.05) is 79.7 Å². The first-order chi connectivity index (χ1) is 14.5. The lowest BCUT2D eigenvalue weighted by molar-refractivity contribution is -0.145. The molecular weight excluding hydrogens is 380 g/mol. The Morgan fingerprint density at radius 1 is 0.900 bits per heavy atom. The molecule has 0 bridgehead atoms. The van der Waals surface area contributed by atoms with Gasteiger partial charge in [-0.15, -0.1) is 0 Å². The van der Waals surface area contributed by atoms with Gasteiger partial charge in [0.1, 0.15) is 6.04 Å². The zero-order chi connectivity index (χ0) is 21.8. The van der Waals surface area contributed by atoms with Crippen LogP contribution in [0.15, 0.2) is 66.7 Å². The minimum absolute atomic E-state index is 0.0107. The highest BCUT2D eigenvalue weighted by molar-refractivity contribution is 5.87. The van der Waals surface area contributed by atoms with E-state index in [0.29, 0.717) is 6.42 Å². The summed E-state index contributed by atoms with van der Waals surface area (Å²) in [5.74, 6) is -1.12. The van der Waals surface area contributed by atoms with E-state index in [0.717, 1.165) is 11.1 Å². The fourth-order valence-electron chi connectivity index (χ4n) is 2.89. The summed E-state index contributed by atoms with van der Waals surface area (Å²) in [7, 11) is 1.28. The second-order valence-corrected chi connectivity index (χ2v) is 6.89. The Hall–Kier alpha value is -3.41. The number of esters is 1. The molecule has 0 saturated heterocycles. The second kappa shape index (κ2) is 12.2. The van der Waals surface area contributed by atoms with Gasteiger partial charge in [-0.05, 0) is 24.5 Å². The molecule has 2 N–H and O–H groups in total. The quantitative estimate of drug-likeness (QED) is 0.590. The van der Waals surface area contributed by atoms with Crippen LogP contribution in [0.3, 0.4) is 0 Å². The predicted molar refractivity (Wildman–Crippen MR) is 116 cm³/mol. The average molecular weight is 408 g/mol. The first-order valence-electron chi connectivity index (χ1n) is 9.92. The first kappa shape index (κ1) is 22.9. The number of amides is 2. The van der Waals surface area contributed by atoms with Crippen LogP contribution in [0.25, 0.3) is 6.08 Å². The van der Waals surface area contributed by atoms with E-state index in [1.165, 1.54) is 7.11 Å². The molecule has 2 rings (SSSR count). The molecule has 0 heterocycles. The van der Waals surface area contributed by atoms with Crippen molar-refractivity contribution in [2.24, 2.45) is 0 Å². The van der Waals surface area contributed by atoms with Crippen molar-refractivity contribution in [2.45, 2.75) is 38.3 Å². The van der Waals surface area contributed by atoms with Gasteiger partial charge in [0.05, 0.1) is 13.2 Å². The molecule has 158 valence electrons. The van der Waals surface area contributed by atoms with Crippen molar-refractivity contribution in [3.63, 3.8) is 0 Å². The lowest BCUT2D eigenvalue weighted by atomic mass is 10.1. The van der Waals surface area contributed by atoms with Crippen LogP contribution in [0.2, 0.25) is 0 Å². The fourth-order valence-corrected chi connectivity index (χ4v) is 2.89. The van der Waals surface area contributed by atoms with Gasteiger partial charge in [-0.25, -0.2) is 4.79 Å². The van der Waals surface area contributed by atoms with Crippen LogP contribution >= 0.6 is 0 Å². The number of carbonyl (C=O) groups is 3. The number of carbonyl (C=O) groups excluding carboxylic acids is 3. The molecule has 2 aromatic rings. The summed E-state index contributed by atoms with van der Waals surface area (Å²) < 4.78 is 4.78. The summed E-state index contributed by atoms with van der Waals surface area (Å²) in [6.07, 6.45) is 4.01. The van der Waals surface area contributed by atoms with Crippen LogP contribution in [0.1, 0.15) is 43.4 Å². The maximum Gasteiger partial charge on any atom is 0.328 e. The molecule has 0 fully saturated rings. The van der Waals surface area contributed by atoms with E-state index in [9.17, 15) is 14.4 Å². The third kappa shape index (κ3) is 7.91. The largest absolute Gasteiger partial charge is 0.467 e. The lowest BCUT2D eigenvalue weighted by Gasteiger charge is -2.16. The monoisotopic (exact) mass is 408 g/mol. The van der Waals surface area contributed by atoms with Gasteiger partial charge < -0.3 is 15.4 Å². The molecule has 0 aliphatic carbocycles. The van der Waals surface area contributed by atoms with Crippen LogP contribution < -0.4 is 10.6 Å². The Balaban J connectivity index is 1.81. The Kier molecular flexibility index (Phi) is 9.31. The van der Waals surface area contributed by atoms with Crippen LogP contribution in [-0.4, -0.2) is 30.9 Å². The van der Waals surface area contributed by atoms with Gasteiger partial charge in [0.25, 0.3) is 0 Å². The number of hydrogen-bond donors (Lipinski definition) is 2. The SMILES string of the molecule is COC(=O)[C@H](C/C=C/c1ccccc1)NC(=O)CCC(=O)N[C@H](C)c1ccccc1. The number of hydrogen-bond acceptors (Lipinski definition) is 4. The predicted octanol–water partition coefficient (Wildman–Crippen LogP) is 3.41. The molecule has 0 aliphatic rings. The molecule has 0 spiro atoms. The van der Waals surface area contributed by atoms with E-state index in [2.05, 4.69) is 10.6 Å². The van der Waals surface area contributed by atoms with Crippen molar-refractivity contribution in [3.05, 3.63) is 77.9 Å². The molecule has 2 aromatic carbocycles. The first-order valence-corrected chi connectivity index (χ1v) is 9.92. The summed E-state index contributed by atoms with van der Waals surface area (Å²) >= 11 is 0. The normalized spacial score (nSPS) is 12.7. The van der Waals surface area contributed by atoms with Gasteiger partial charge in [-0.1, -0.05) is 72.8 Å². The smallest absolute Gasteiger partial charge is 0.328 e. The van der Waals surface area contributed by atoms with Gasteiger partial charge in [0.2, 0.25) is 11.8 Å². The van der Waals surface area contributed by atoms with Gasteiger partial charge >= 0.3 is 5.97 Å². The number of benzene rings is 2. The Morgan fingerprint density at radius 2 is 1.47 bits per heavy atom. The molecule has 0 unspecified atom stereocenters. The van der Waals surface area contributed by atoms with Crippen molar-refractivity contribution < 1.29 is 19.1 Å². The molecule has 2 amide bonds. The van der Waals surface area contributed by atoms with Crippen LogP contribution in [0.5, 0.6) is 0 Å². The third-order valence-corrected chi connectivity index (χ3v) is 4.56. The van der Waals surface area contributed by atoms with E-state index >= 15 is 0 Å². The molecule has 30 heavy (non-hydrogen) atoms. The second-order valence-electron chi connectivity index (χ2n) is 6.89. The highest BCUT2D eigenvalue weighted by Gasteiger charge is 2.20. The van der Waals surface area contributed by atoms with Crippen LogP contribution in [0, 0.1) is 0 Å². The Labute approximate surface area is 177 Å². The van der Waals surface area contributed by atoms with Gasteiger partial charge in [0.15, 0.2) is 0 Å². The lowest BCUT2D eigenvalue weighted by Crippen LogP contribution is -2.41. The molecule has 0 saturated carbocycles. The van der Waals surface area contributed by atoms with Crippen molar-refractivity contribution in [2.75, 3.05) is 7.11 Å². The topological polar surface area (TPSA) is 84.5 Å². The van der Waals surface area contributed by atoms with Crippen molar-refractivity contribution >= 4 is 23.9 Å². The summed E-state index contributed by atoms with van der Waals surface area (Å²) in [4.78, 5) is 36.4. The molecular formula is C24H28N2O4. The zero-order valence-corrected chi connectivity index (χ0v) is 17.3. The maximum absolute atomic E-state index is 12.2.